The molecule has 0 unspecified atom stereocenters. The van der Waals surface area contributed by atoms with E-state index in [1.165, 1.54) is 18.3 Å². The molecule has 1 saturated carbocycles. The van der Waals surface area contributed by atoms with Crippen LogP contribution in [0, 0.1) is 19.6 Å². The van der Waals surface area contributed by atoms with E-state index < -0.39 is 36.8 Å². The summed E-state index contributed by atoms with van der Waals surface area (Å²) < 4.78 is 68.7. The molecule has 0 bridgehead atoms. The number of pyridine rings is 1. The van der Waals surface area contributed by atoms with Crippen molar-refractivity contribution in [1.82, 2.24) is 14.7 Å². The quantitative estimate of drug-likeness (QED) is 0.358. The normalized spacial score (nSPS) is 24.0. The zero-order valence-corrected chi connectivity index (χ0v) is 18.6. The fraction of sp³-hybridized carbons (Fsp3) is 0.370. The van der Waals surface area contributed by atoms with Crippen molar-refractivity contribution in [2.45, 2.75) is 58.5 Å². The van der Waals surface area contributed by atoms with Crippen molar-refractivity contribution in [2.75, 3.05) is 0 Å². The first-order valence-corrected chi connectivity index (χ1v) is 11.2. The van der Waals surface area contributed by atoms with E-state index in [0.717, 1.165) is 11.1 Å². The minimum atomic E-state index is -2.75. The Balaban J connectivity index is 1.66. The number of alkyl halides is 1. The smallest absolute Gasteiger partial charge is 0.335 e. The fourth-order valence-corrected chi connectivity index (χ4v) is 4.76. The largest absolute Gasteiger partial charge is 0.478 e. The Morgan fingerprint density at radius 3 is 2.71 bits per heavy atom. The van der Waals surface area contributed by atoms with Gasteiger partial charge in [0.05, 0.1) is 22.3 Å². The molecule has 0 amide bonds. The predicted octanol–water partition coefficient (Wildman–Crippen LogP) is 6.59. The molecule has 1 aliphatic carbocycles. The number of hydrogen-bond acceptors (Lipinski definition) is 4. The van der Waals surface area contributed by atoms with E-state index in [1.807, 2.05) is 10.8 Å². The van der Waals surface area contributed by atoms with Crippen LogP contribution in [-0.4, -0.2) is 31.5 Å². The molecule has 3 aromatic heterocycles. The highest BCUT2D eigenvalue weighted by atomic mass is 19.1. The molecule has 176 valence electrons. The number of halogens is 1. The lowest BCUT2D eigenvalue weighted by Gasteiger charge is -2.31. The van der Waals surface area contributed by atoms with Crippen molar-refractivity contribution >= 4 is 17.0 Å². The topological polar surface area (TPSA) is 81.2 Å². The van der Waals surface area contributed by atoms with E-state index in [2.05, 4.69) is 10.1 Å². The Morgan fingerprint density at radius 1 is 1.26 bits per heavy atom. The average Bonchev–Trinajstić information content (AvgIpc) is 3.48. The third-order valence-corrected chi connectivity index (χ3v) is 6.74. The lowest BCUT2D eigenvalue weighted by atomic mass is 9.81. The third-order valence-electron chi connectivity index (χ3n) is 6.74. The van der Waals surface area contributed by atoms with Gasteiger partial charge < -0.3 is 14.2 Å². The number of benzene rings is 1. The van der Waals surface area contributed by atoms with Gasteiger partial charge in [-0.1, -0.05) is 17.3 Å². The summed E-state index contributed by atoms with van der Waals surface area (Å²) in [6.45, 7) is -3.31. The summed E-state index contributed by atoms with van der Waals surface area (Å²) in [6, 6.07) is 8.05. The van der Waals surface area contributed by atoms with E-state index in [4.69, 9.17) is 12.7 Å². The number of aromatic nitrogens is 3. The molecule has 3 heterocycles. The standard InChI is InChI=1S/C27H28FN3O3/c1-16-24(17(2)34-30-16)21-12-23-25(29-13-21)22(19-4-6-20(7-5-19)26(32)33)15-31(23)14-18-8-10-27(3,28)11-9-18/h4-7,12-13,15,18H,8-11,14H2,1-3H3,(H,32,33)/i1D3,2D3. The molecule has 7 heteroatoms. The monoisotopic (exact) mass is 467 g/mol. The van der Waals surface area contributed by atoms with Crippen molar-refractivity contribution in [3.63, 3.8) is 0 Å². The Hall–Kier alpha value is -3.48. The van der Waals surface area contributed by atoms with Crippen molar-refractivity contribution in [1.29, 1.82) is 0 Å². The molecule has 5 rings (SSSR count). The number of aromatic carboxylic acids is 1. The van der Waals surface area contributed by atoms with E-state index >= 15 is 0 Å². The van der Waals surface area contributed by atoms with Crippen molar-refractivity contribution in [2.24, 2.45) is 5.92 Å². The molecule has 0 spiro atoms. The second-order valence-corrected chi connectivity index (χ2v) is 9.26. The van der Waals surface area contributed by atoms with Gasteiger partial charge in [-0.15, -0.1) is 0 Å². The van der Waals surface area contributed by atoms with Crippen molar-refractivity contribution in [3.8, 4) is 22.3 Å². The van der Waals surface area contributed by atoms with Crippen LogP contribution in [0.3, 0.4) is 0 Å². The zero-order valence-electron chi connectivity index (χ0n) is 24.6. The summed E-state index contributed by atoms with van der Waals surface area (Å²) in [5.74, 6) is -1.38. The highest BCUT2D eigenvalue weighted by Crippen LogP contribution is 2.38. The van der Waals surface area contributed by atoms with Crippen LogP contribution in [0.5, 0.6) is 0 Å². The fourth-order valence-electron chi connectivity index (χ4n) is 4.76. The van der Waals surface area contributed by atoms with Crippen LogP contribution in [0.15, 0.2) is 47.2 Å². The minimum absolute atomic E-state index is 0.139. The minimum Gasteiger partial charge on any atom is -0.478 e. The van der Waals surface area contributed by atoms with E-state index in [-0.39, 0.29) is 22.6 Å². The molecular formula is C27H28FN3O3. The molecule has 0 radical (unpaired) electrons. The van der Waals surface area contributed by atoms with Gasteiger partial charge in [-0.3, -0.25) is 4.98 Å². The molecule has 6 nitrogen and oxygen atoms in total. The van der Waals surface area contributed by atoms with E-state index in [9.17, 15) is 14.3 Å². The van der Waals surface area contributed by atoms with Crippen LogP contribution >= 0.6 is 0 Å². The van der Waals surface area contributed by atoms with E-state index in [1.54, 1.807) is 25.1 Å². The summed E-state index contributed by atoms with van der Waals surface area (Å²) in [7, 11) is 0. The van der Waals surface area contributed by atoms with Gasteiger partial charge in [-0.2, -0.15) is 0 Å². The molecule has 0 atom stereocenters. The number of carboxylic acid groups (broad SMARTS) is 1. The summed E-state index contributed by atoms with van der Waals surface area (Å²) in [6.07, 6.45) is 5.58. The van der Waals surface area contributed by atoms with Gasteiger partial charge in [0.15, 0.2) is 0 Å². The molecule has 4 aromatic rings. The molecule has 0 saturated heterocycles. The first-order valence-electron chi connectivity index (χ1n) is 14.2. The van der Waals surface area contributed by atoms with Gasteiger partial charge in [0, 0.05) is 43.9 Å². The Kier molecular flexibility index (Phi) is 3.99. The molecule has 1 aliphatic rings. The summed E-state index contributed by atoms with van der Waals surface area (Å²) in [5.41, 5.74) is 1.23. The van der Waals surface area contributed by atoms with Gasteiger partial charge in [-0.25, -0.2) is 9.18 Å². The van der Waals surface area contributed by atoms with Gasteiger partial charge in [-0.05, 0) is 76.0 Å². The van der Waals surface area contributed by atoms with Gasteiger partial charge in [0.1, 0.15) is 11.4 Å². The average molecular weight is 468 g/mol. The lowest BCUT2D eigenvalue weighted by Crippen LogP contribution is -2.27. The molecule has 1 fully saturated rings. The van der Waals surface area contributed by atoms with Gasteiger partial charge in [0.2, 0.25) is 0 Å². The Labute approximate surface area is 205 Å². The zero-order chi connectivity index (χ0) is 29.0. The van der Waals surface area contributed by atoms with Gasteiger partial charge >= 0.3 is 5.97 Å². The molecular weight excluding hydrogens is 433 g/mol. The first-order chi connectivity index (χ1) is 18.6. The number of fused-ring (bicyclic) bond motifs is 1. The number of carbonyl (C=O) groups is 1. The van der Waals surface area contributed by atoms with Crippen LogP contribution in [-0.2, 0) is 6.54 Å². The molecule has 0 aliphatic heterocycles. The predicted molar refractivity (Wildman–Crippen MR) is 129 cm³/mol. The maximum absolute atomic E-state index is 14.5. The molecule has 1 aromatic carbocycles. The van der Waals surface area contributed by atoms with Crippen LogP contribution in [0.2, 0.25) is 0 Å². The Morgan fingerprint density at radius 2 is 2.03 bits per heavy atom. The summed E-state index contributed by atoms with van der Waals surface area (Å²) in [5, 5.41) is 12.9. The molecule has 1 N–H and O–H groups in total. The van der Waals surface area contributed by atoms with Crippen LogP contribution in [0.4, 0.5) is 4.39 Å². The molecule has 34 heavy (non-hydrogen) atoms. The SMILES string of the molecule is [2H]C([2H])([2H])c1noc(C([2H])([2H])[2H])c1-c1cnc2c(-c3ccc(C(=O)O)cc3)cn(CC3CCC(C)(F)CC3)c2c1. The summed E-state index contributed by atoms with van der Waals surface area (Å²) in [4.78, 5) is 16.0. The summed E-state index contributed by atoms with van der Waals surface area (Å²) >= 11 is 0. The van der Waals surface area contributed by atoms with Crippen LogP contribution in [0.1, 0.15) is 62.6 Å². The number of nitrogens with zero attached hydrogens (tertiary/aromatic N) is 3. The lowest BCUT2D eigenvalue weighted by molar-refractivity contribution is 0.0697. The second kappa shape index (κ2) is 8.38. The van der Waals surface area contributed by atoms with Crippen LogP contribution in [0.25, 0.3) is 33.3 Å². The van der Waals surface area contributed by atoms with Gasteiger partial charge in [0.25, 0.3) is 0 Å². The van der Waals surface area contributed by atoms with Crippen molar-refractivity contribution in [3.05, 3.63) is 59.7 Å². The maximum atomic E-state index is 14.5. The third kappa shape index (κ3) is 4.11. The second-order valence-electron chi connectivity index (χ2n) is 9.26. The van der Waals surface area contributed by atoms with Crippen molar-refractivity contribution < 1.29 is 27.0 Å². The maximum Gasteiger partial charge on any atom is 0.335 e. The number of hydrogen-bond donors (Lipinski definition) is 1. The number of carboxylic acids is 1. The number of rotatable bonds is 5. The highest BCUT2D eigenvalue weighted by molar-refractivity contribution is 5.96. The van der Waals surface area contributed by atoms with E-state index in [0.29, 0.717) is 43.3 Å². The number of aryl methyl sites for hydroxylation is 2. The Bertz CT molecular complexity index is 1530. The first kappa shape index (κ1) is 16.2. The highest BCUT2D eigenvalue weighted by Gasteiger charge is 2.31. The van der Waals surface area contributed by atoms with Crippen LogP contribution < -0.4 is 0 Å².